The van der Waals surface area contributed by atoms with Gasteiger partial charge >= 0.3 is 18.0 Å². The van der Waals surface area contributed by atoms with E-state index in [-0.39, 0.29) is 0 Å². The first-order valence-electron chi connectivity index (χ1n) is 7.28. The van der Waals surface area contributed by atoms with Gasteiger partial charge in [0.15, 0.2) is 0 Å². The highest BCUT2D eigenvalue weighted by Crippen LogP contribution is 2.01. The molecule has 0 saturated carbocycles. The van der Waals surface area contributed by atoms with Gasteiger partial charge in [-0.05, 0) is 24.8 Å². The number of carbonyl (C=O) groups is 3. The SMILES string of the molecule is NC(=O)NCCCC(N)C(=O)O.NC(Cc1ccccc1)C(=O)O. The molecule has 0 spiro atoms. The fourth-order valence-electron chi connectivity index (χ4n) is 1.61. The summed E-state index contributed by atoms with van der Waals surface area (Å²) < 4.78 is 0. The molecule has 1 rings (SSSR count). The molecule has 2 unspecified atom stereocenters. The lowest BCUT2D eigenvalue weighted by atomic mass is 10.1. The molecule has 24 heavy (non-hydrogen) atoms. The maximum Gasteiger partial charge on any atom is 0.320 e. The number of urea groups is 1. The van der Waals surface area contributed by atoms with Crippen LogP contribution in [-0.4, -0.2) is 46.8 Å². The highest BCUT2D eigenvalue weighted by molar-refractivity contribution is 5.73. The molecular weight excluding hydrogens is 316 g/mol. The predicted molar refractivity (Wildman–Crippen MR) is 88.2 cm³/mol. The van der Waals surface area contributed by atoms with Crippen LogP contribution in [0.4, 0.5) is 4.79 Å². The zero-order chi connectivity index (χ0) is 18.5. The average Bonchev–Trinajstić information content (AvgIpc) is 2.52. The number of rotatable bonds is 8. The summed E-state index contributed by atoms with van der Waals surface area (Å²) in [6.07, 6.45) is 1.22. The van der Waals surface area contributed by atoms with Gasteiger partial charge in [-0.15, -0.1) is 0 Å². The second kappa shape index (κ2) is 11.9. The third-order valence-electron chi connectivity index (χ3n) is 2.92. The number of benzene rings is 1. The molecule has 0 radical (unpaired) electrons. The van der Waals surface area contributed by atoms with Crippen LogP contribution >= 0.6 is 0 Å². The summed E-state index contributed by atoms with van der Waals surface area (Å²) in [5.41, 5.74) is 16.3. The summed E-state index contributed by atoms with van der Waals surface area (Å²) in [5.74, 6) is -1.99. The number of hydrogen-bond acceptors (Lipinski definition) is 5. The summed E-state index contributed by atoms with van der Waals surface area (Å²) in [4.78, 5) is 30.7. The summed E-state index contributed by atoms with van der Waals surface area (Å²) in [6, 6.07) is 7.07. The van der Waals surface area contributed by atoms with Gasteiger partial charge in [-0.25, -0.2) is 4.79 Å². The van der Waals surface area contributed by atoms with Gasteiger partial charge in [0.05, 0.1) is 0 Å². The molecule has 134 valence electrons. The number of amides is 2. The lowest BCUT2D eigenvalue weighted by molar-refractivity contribution is -0.139. The minimum atomic E-state index is -1.03. The highest BCUT2D eigenvalue weighted by Gasteiger charge is 2.11. The molecule has 9 nitrogen and oxygen atoms in total. The Hall–Kier alpha value is -2.65. The van der Waals surface area contributed by atoms with Crippen LogP contribution in [0.5, 0.6) is 0 Å². The van der Waals surface area contributed by atoms with Gasteiger partial charge in [-0.2, -0.15) is 0 Å². The lowest BCUT2D eigenvalue weighted by Gasteiger charge is -2.05. The molecular formula is C15H24N4O5. The van der Waals surface area contributed by atoms with E-state index in [4.69, 9.17) is 27.4 Å². The fraction of sp³-hybridized carbons (Fsp3) is 0.400. The monoisotopic (exact) mass is 340 g/mol. The molecule has 2 amide bonds. The molecule has 9 N–H and O–H groups in total. The molecule has 0 aromatic heterocycles. The number of hydrogen-bond donors (Lipinski definition) is 6. The van der Waals surface area contributed by atoms with Crippen molar-refractivity contribution in [3.8, 4) is 0 Å². The van der Waals surface area contributed by atoms with E-state index in [1.807, 2.05) is 30.3 Å². The molecule has 0 aliphatic rings. The Bertz CT molecular complexity index is 524. The predicted octanol–water partition coefficient (Wildman–Crippen LogP) is -0.512. The Labute approximate surface area is 139 Å². The molecule has 1 aromatic carbocycles. The van der Waals surface area contributed by atoms with Gasteiger partial charge in [-0.1, -0.05) is 30.3 Å². The van der Waals surface area contributed by atoms with Crippen LogP contribution < -0.4 is 22.5 Å². The van der Waals surface area contributed by atoms with E-state index in [9.17, 15) is 14.4 Å². The minimum Gasteiger partial charge on any atom is -0.480 e. The van der Waals surface area contributed by atoms with E-state index >= 15 is 0 Å². The first kappa shape index (κ1) is 21.4. The zero-order valence-corrected chi connectivity index (χ0v) is 13.2. The summed E-state index contributed by atoms with van der Waals surface area (Å²) in [6.45, 7) is 0.357. The summed E-state index contributed by atoms with van der Waals surface area (Å²) in [5, 5.41) is 19.2. The number of primary amides is 1. The average molecular weight is 340 g/mol. The van der Waals surface area contributed by atoms with Crippen molar-refractivity contribution in [2.75, 3.05) is 6.54 Å². The van der Waals surface area contributed by atoms with Crippen molar-refractivity contribution in [3.63, 3.8) is 0 Å². The van der Waals surface area contributed by atoms with Crippen molar-refractivity contribution >= 4 is 18.0 Å². The third kappa shape index (κ3) is 11.0. The van der Waals surface area contributed by atoms with Crippen molar-refractivity contribution in [3.05, 3.63) is 35.9 Å². The first-order chi connectivity index (χ1) is 11.2. The van der Waals surface area contributed by atoms with Gasteiger partial charge in [0, 0.05) is 6.54 Å². The smallest absolute Gasteiger partial charge is 0.320 e. The summed E-state index contributed by atoms with van der Waals surface area (Å²) >= 11 is 0. The maximum absolute atomic E-state index is 10.4. The molecule has 0 aliphatic carbocycles. The highest BCUT2D eigenvalue weighted by atomic mass is 16.4. The Morgan fingerprint density at radius 1 is 1.00 bits per heavy atom. The van der Waals surface area contributed by atoms with E-state index in [1.165, 1.54) is 0 Å². The number of aliphatic carboxylic acids is 2. The Kier molecular flexibility index (Phi) is 10.5. The standard InChI is InChI=1S/C9H11NO2.C6H13N3O3/c10-8(9(11)12)6-7-4-2-1-3-5-7;7-4(5(10)11)2-1-3-9-6(8)12/h1-5,8H,6,10H2,(H,11,12);4H,1-3,7H2,(H,10,11)(H3,8,9,12). The molecule has 0 heterocycles. The maximum atomic E-state index is 10.4. The van der Waals surface area contributed by atoms with Crippen molar-refractivity contribution in [1.29, 1.82) is 0 Å². The Morgan fingerprint density at radius 3 is 2.00 bits per heavy atom. The van der Waals surface area contributed by atoms with Crippen molar-refractivity contribution in [2.45, 2.75) is 31.3 Å². The van der Waals surface area contributed by atoms with Gasteiger partial charge in [0.1, 0.15) is 12.1 Å². The van der Waals surface area contributed by atoms with E-state index in [2.05, 4.69) is 5.32 Å². The van der Waals surface area contributed by atoms with Crippen molar-refractivity contribution in [1.82, 2.24) is 5.32 Å². The number of carboxylic acid groups (broad SMARTS) is 2. The number of carboxylic acids is 2. The van der Waals surface area contributed by atoms with E-state index < -0.39 is 30.1 Å². The van der Waals surface area contributed by atoms with Gasteiger partial charge in [0.2, 0.25) is 0 Å². The number of nitrogens with one attached hydrogen (secondary N) is 1. The topological polar surface area (TPSA) is 182 Å². The van der Waals surface area contributed by atoms with Crippen molar-refractivity contribution < 1.29 is 24.6 Å². The van der Waals surface area contributed by atoms with Crippen LogP contribution in [0.2, 0.25) is 0 Å². The van der Waals surface area contributed by atoms with Crippen LogP contribution in [0.15, 0.2) is 30.3 Å². The quantitative estimate of drug-likeness (QED) is 0.344. The molecule has 0 fully saturated rings. The van der Waals surface area contributed by atoms with E-state index in [0.29, 0.717) is 25.8 Å². The normalized spacial score (nSPS) is 12.2. The van der Waals surface area contributed by atoms with E-state index in [0.717, 1.165) is 5.56 Å². The van der Waals surface area contributed by atoms with Crippen LogP contribution in [0.1, 0.15) is 18.4 Å². The van der Waals surface area contributed by atoms with Crippen LogP contribution in [0.3, 0.4) is 0 Å². The van der Waals surface area contributed by atoms with Crippen molar-refractivity contribution in [2.24, 2.45) is 17.2 Å². The third-order valence-corrected chi connectivity index (χ3v) is 2.92. The number of nitrogens with two attached hydrogens (primary N) is 3. The fourth-order valence-corrected chi connectivity index (χ4v) is 1.61. The van der Waals surface area contributed by atoms with E-state index in [1.54, 1.807) is 0 Å². The minimum absolute atomic E-state index is 0.329. The lowest BCUT2D eigenvalue weighted by Crippen LogP contribution is -2.33. The van der Waals surface area contributed by atoms with Crippen LogP contribution in [-0.2, 0) is 16.0 Å². The molecule has 9 heteroatoms. The first-order valence-corrected chi connectivity index (χ1v) is 7.28. The van der Waals surface area contributed by atoms with Gasteiger partial charge in [-0.3, -0.25) is 9.59 Å². The Morgan fingerprint density at radius 2 is 1.54 bits per heavy atom. The number of carbonyl (C=O) groups excluding carboxylic acids is 1. The second-order valence-electron chi connectivity index (χ2n) is 5.01. The molecule has 0 aliphatic heterocycles. The zero-order valence-electron chi connectivity index (χ0n) is 13.2. The second-order valence-corrected chi connectivity index (χ2v) is 5.01. The summed E-state index contributed by atoms with van der Waals surface area (Å²) in [7, 11) is 0. The molecule has 1 aromatic rings. The molecule has 0 bridgehead atoms. The van der Waals surface area contributed by atoms with Gasteiger partial charge < -0.3 is 32.7 Å². The van der Waals surface area contributed by atoms with Crippen LogP contribution in [0, 0.1) is 0 Å². The molecule has 0 saturated heterocycles. The molecule has 2 atom stereocenters. The van der Waals surface area contributed by atoms with Crippen LogP contribution in [0.25, 0.3) is 0 Å². The van der Waals surface area contributed by atoms with Gasteiger partial charge in [0.25, 0.3) is 0 Å². The largest absolute Gasteiger partial charge is 0.480 e. The Balaban J connectivity index is 0.000000441.